The second-order valence-electron chi connectivity index (χ2n) is 7.98. The van der Waals surface area contributed by atoms with Gasteiger partial charge in [0.1, 0.15) is 5.82 Å². The van der Waals surface area contributed by atoms with Gasteiger partial charge in [0, 0.05) is 66.4 Å². The van der Waals surface area contributed by atoms with Crippen molar-refractivity contribution in [3.05, 3.63) is 72.2 Å². The van der Waals surface area contributed by atoms with Gasteiger partial charge in [0.2, 0.25) is 5.95 Å². The number of hydrogen-bond donors (Lipinski definition) is 3. The first-order chi connectivity index (χ1) is 16.0. The van der Waals surface area contributed by atoms with Gasteiger partial charge in [0.15, 0.2) is 0 Å². The van der Waals surface area contributed by atoms with E-state index in [0.717, 1.165) is 30.2 Å². The zero-order valence-electron chi connectivity index (χ0n) is 19.4. The molecular weight excluding hydrogens is 414 g/mol. The Morgan fingerprint density at radius 2 is 1.91 bits per heavy atom. The van der Waals surface area contributed by atoms with E-state index in [1.807, 2.05) is 37.1 Å². The molecule has 0 aliphatic rings. The maximum absolute atomic E-state index is 12.1. The fourth-order valence-electron chi connectivity index (χ4n) is 3.59. The number of anilines is 4. The standard InChI is InChI=1S/C25H29N7O/c1-5-13-27-30-24(33)18-6-8-20(9-7-18)28-25-26-14-12-23(29-25)32(4)21-10-11-22-17(2)31(3)16-19(22)15-21/h6-12,14-16,27H,5,13H2,1-4H3,(H,30,33)(H,26,28,29). The zero-order chi connectivity index (χ0) is 23.4. The van der Waals surface area contributed by atoms with Crippen molar-refractivity contribution in [2.24, 2.45) is 7.05 Å². The summed E-state index contributed by atoms with van der Waals surface area (Å²) in [6, 6.07) is 15.5. The maximum Gasteiger partial charge on any atom is 0.265 e. The molecular formula is C25H29N7O. The number of fused-ring (bicyclic) bond motifs is 1. The number of carbonyl (C=O) groups is 1. The van der Waals surface area contributed by atoms with Crippen molar-refractivity contribution >= 4 is 39.8 Å². The number of amides is 1. The highest BCUT2D eigenvalue weighted by atomic mass is 16.2. The second-order valence-corrected chi connectivity index (χ2v) is 7.98. The molecule has 0 aliphatic carbocycles. The summed E-state index contributed by atoms with van der Waals surface area (Å²) >= 11 is 0. The molecule has 4 rings (SSSR count). The van der Waals surface area contributed by atoms with Gasteiger partial charge in [-0.1, -0.05) is 13.0 Å². The topological polar surface area (TPSA) is 87.1 Å². The molecule has 1 amide bonds. The summed E-state index contributed by atoms with van der Waals surface area (Å²) < 4.78 is 2.14. The summed E-state index contributed by atoms with van der Waals surface area (Å²) in [5, 5.41) is 5.65. The largest absolute Gasteiger partial charge is 0.353 e. The minimum Gasteiger partial charge on any atom is -0.353 e. The van der Waals surface area contributed by atoms with Crippen molar-refractivity contribution in [3.63, 3.8) is 0 Å². The zero-order valence-corrected chi connectivity index (χ0v) is 19.4. The lowest BCUT2D eigenvalue weighted by Crippen LogP contribution is -2.37. The number of carbonyl (C=O) groups excluding carboxylic acids is 1. The quantitative estimate of drug-likeness (QED) is 0.276. The first kappa shape index (κ1) is 22.3. The van der Waals surface area contributed by atoms with E-state index < -0.39 is 0 Å². The number of aromatic nitrogens is 3. The number of hydrazine groups is 1. The van der Waals surface area contributed by atoms with Crippen LogP contribution in [0.25, 0.3) is 10.8 Å². The first-order valence-electron chi connectivity index (χ1n) is 11.0. The summed E-state index contributed by atoms with van der Waals surface area (Å²) in [6.07, 6.45) is 4.81. The molecule has 4 aromatic rings. The van der Waals surface area contributed by atoms with Crippen molar-refractivity contribution in [2.75, 3.05) is 23.8 Å². The average Bonchev–Trinajstić information content (AvgIpc) is 3.12. The number of hydrogen-bond acceptors (Lipinski definition) is 6. The molecule has 33 heavy (non-hydrogen) atoms. The van der Waals surface area contributed by atoms with Crippen LogP contribution >= 0.6 is 0 Å². The summed E-state index contributed by atoms with van der Waals surface area (Å²) in [6.45, 7) is 4.89. The minimum atomic E-state index is -0.166. The molecule has 3 N–H and O–H groups in total. The summed E-state index contributed by atoms with van der Waals surface area (Å²) in [5.74, 6) is 1.09. The predicted molar refractivity (Wildman–Crippen MR) is 133 cm³/mol. The van der Waals surface area contributed by atoms with Crippen LogP contribution in [-0.2, 0) is 7.05 Å². The number of nitrogens with one attached hydrogen (secondary N) is 3. The molecule has 0 atom stereocenters. The van der Waals surface area contributed by atoms with Crippen molar-refractivity contribution in [3.8, 4) is 0 Å². The highest BCUT2D eigenvalue weighted by Gasteiger charge is 2.11. The third-order valence-electron chi connectivity index (χ3n) is 5.64. The van der Waals surface area contributed by atoms with Gasteiger partial charge in [-0.25, -0.2) is 10.4 Å². The van der Waals surface area contributed by atoms with Gasteiger partial charge in [0.05, 0.1) is 0 Å². The Morgan fingerprint density at radius 3 is 2.67 bits per heavy atom. The molecule has 0 saturated carbocycles. The summed E-state index contributed by atoms with van der Waals surface area (Å²) in [5.41, 5.74) is 9.23. The van der Waals surface area contributed by atoms with Gasteiger partial charge in [0.25, 0.3) is 5.91 Å². The smallest absolute Gasteiger partial charge is 0.265 e. The fraction of sp³-hybridized carbons (Fsp3) is 0.240. The maximum atomic E-state index is 12.1. The van der Waals surface area contributed by atoms with Gasteiger partial charge < -0.3 is 14.8 Å². The Labute approximate surface area is 193 Å². The van der Waals surface area contributed by atoms with Crippen LogP contribution in [0, 0.1) is 6.92 Å². The Kier molecular flexibility index (Phi) is 6.55. The van der Waals surface area contributed by atoms with Crippen LogP contribution in [0.4, 0.5) is 23.1 Å². The Bertz CT molecular complexity index is 1260. The molecule has 0 unspecified atom stereocenters. The van der Waals surface area contributed by atoms with E-state index in [1.165, 1.54) is 16.5 Å². The third kappa shape index (κ3) is 4.96. The van der Waals surface area contributed by atoms with E-state index >= 15 is 0 Å². The summed E-state index contributed by atoms with van der Waals surface area (Å²) in [7, 11) is 4.05. The lowest BCUT2D eigenvalue weighted by Gasteiger charge is -2.19. The lowest BCUT2D eigenvalue weighted by atomic mass is 10.1. The SMILES string of the molecule is CCCNNC(=O)c1ccc(Nc2nccc(N(C)c3ccc4c(C)n(C)cc4c3)n2)cc1. The molecule has 8 heteroatoms. The third-order valence-corrected chi connectivity index (χ3v) is 5.64. The molecule has 8 nitrogen and oxygen atoms in total. The fourth-order valence-corrected chi connectivity index (χ4v) is 3.59. The molecule has 0 aliphatic heterocycles. The summed E-state index contributed by atoms with van der Waals surface area (Å²) in [4.78, 5) is 23.2. The van der Waals surface area contributed by atoms with Crippen LogP contribution in [0.15, 0.2) is 60.9 Å². The van der Waals surface area contributed by atoms with E-state index in [1.54, 1.807) is 18.3 Å². The van der Waals surface area contributed by atoms with Gasteiger partial charge in [-0.05, 0) is 55.8 Å². The van der Waals surface area contributed by atoms with E-state index in [2.05, 4.69) is 69.1 Å². The molecule has 0 bridgehead atoms. The lowest BCUT2D eigenvalue weighted by molar-refractivity contribution is 0.0933. The minimum absolute atomic E-state index is 0.166. The molecule has 170 valence electrons. The van der Waals surface area contributed by atoms with Crippen molar-refractivity contribution < 1.29 is 4.79 Å². The van der Waals surface area contributed by atoms with Crippen LogP contribution in [0.1, 0.15) is 29.4 Å². The van der Waals surface area contributed by atoms with Gasteiger partial charge in [-0.15, -0.1) is 0 Å². The molecule has 2 heterocycles. The molecule has 0 saturated heterocycles. The molecule has 2 aromatic heterocycles. The average molecular weight is 444 g/mol. The van der Waals surface area contributed by atoms with E-state index in [9.17, 15) is 4.79 Å². The first-order valence-corrected chi connectivity index (χ1v) is 11.0. The second kappa shape index (κ2) is 9.70. The van der Waals surface area contributed by atoms with Crippen LogP contribution in [-0.4, -0.2) is 34.0 Å². The van der Waals surface area contributed by atoms with E-state index in [4.69, 9.17) is 0 Å². The van der Waals surface area contributed by atoms with Gasteiger partial charge in [-0.2, -0.15) is 4.98 Å². The molecule has 0 radical (unpaired) electrons. The molecule has 0 spiro atoms. The van der Waals surface area contributed by atoms with Crippen molar-refractivity contribution in [2.45, 2.75) is 20.3 Å². The van der Waals surface area contributed by atoms with Crippen molar-refractivity contribution in [1.82, 2.24) is 25.4 Å². The predicted octanol–water partition coefficient (Wildman–Crippen LogP) is 4.43. The molecule has 0 fully saturated rings. The monoisotopic (exact) mass is 443 g/mol. The number of nitrogens with zero attached hydrogens (tertiary/aromatic N) is 4. The van der Waals surface area contributed by atoms with Gasteiger partial charge >= 0.3 is 0 Å². The number of aryl methyl sites for hydroxylation is 2. The van der Waals surface area contributed by atoms with Gasteiger partial charge in [-0.3, -0.25) is 10.2 Å². The van der Waals surface area contributed by atoms with E-state index in [0.29, 0.717) is 11.5 Å². The normalized spacial score (nSPS) is 10.9. The van der Waals surface area contributed by atoms with E-state index in [-0.39, 0.29) is 5.91 Å². The van der Waals surface area contributed by atoms with Crippen molar-refractivity contribution in [1.29, 1.82) is 0 Å². The van der Waals surface area contributed by atoms with Crippen LogP contribution in [0.5, 0.6) is 0 Å². The highest BCUT2D eigenvalue weighted by molar-refractivity contribution is 5.94. The molecule has 2 aromatic carbocycles. The van der Waals surface area contributed by atoms with Crippen LogP contribution in [0.2, 0.25) is 0 Å². The Balaban J connectivity index is 1.47. The number of benzene rings is 2. The Hall–Kier alpha value is -3.91. The van der Waals surface area contributed by atoms with Crippen LogP contribution < -0.4 is 21.1 Å². The van der Waals surface area contributed by atoms with Crippen LogP contribution in [0.3, 0.4) is 0 Å². The highest BCUT2D eigenvalue weighted by Crippen LogP contribution is 2.28. The number of rotatable bonds is 8. The Morgan fingerprint density at radius 1 is 1.12 bits per heavy atom.